The summed E-state index contributed by atoms with van der Waals surface area (Å²) in [4.78, 5) is 11.0. The van der Waals surface area contributed by atoms with Gasteiger partial charge in [-0.25, -0.2) is 4.79 Å². The zero-order chi connectivity index (χ0) is 13.1. The molecule has 0 aromatic heterocycles. The van der Waals surface area contributed by atoms with Gasteiger partial charge in [-0.15, -0.1) is 0 Å². The predicted octanol–water partition coefficient (Wildman–Crippen LogP) is 3.40. The number of halogens is 1. The molecule has 2 rings (SSSR count). The maximum absolute atomic E-state index is 11.0. The molecule has 0 saturated heterocycles. The van der Waals surface area contributed by atoms with E-state index in [1.165, 1.54) is 26.0 Å². The highest BCUT2D eigenvalue weighted by Crippen LogP contribution is 2.33. The molecule has 0 radical (unpaired) electrons. The van der Waals surface area contributed by atoms with Gasteiger partial charge in [-0.3, -0.25) is 0 Å². The van der Waals surface area contributed by atoms with E-state index in [2.05, 4.69) is 5.32 Å². The van der Waals surface area contributed by atoms with Crippen molar-refractivity contribution in [2.45, 2.75) is 31.7 Å². The first kappa shape index (κ1) is 13.0. The first-order valence-electron chi connectivity index (χ1n) is 5.99. The third-order valence-electron chi connectivity index (χ3n) is 3.23. The lowest BCUT2D eigenvalue weighted by atomic mass is 10.1. The number of anilines is 1. The highest BCUT2D eigenvalue weighted by molar-refractivity contribution is 6.33. The first-order chi connectivity index (χ1) is 8.61. The third-order valence-corrected chi connectivity index (χ3v) is 3.55. The van der Waals surface area contributed by atoms with E-state index in [0.717, 1.165) is 18.5 Å². The van der Waals surface area contributed by atoms with Gasteiger partial charge in [0.2, 0.25) is 0 Å². The summed E-state index contributed by atoms with van der Waals surface area (Å²) in [5.74, 6) is -0.714. The summed E-state index contributed by atoms with van der Waals surface area (Å²) in [7, 11) is 1.45. The molecule has 18 heavy (non-hydrogen) atoms. The van der Waals surface area contributed by atoms with Crippen molar-refractivity contribution in [1.29, 1.82) is 0 Å². The molecular weight excluding hydrogens is 254 g/mol. The number of hydrogen-bond acceptors (Lipinski definition) is 3. The molecule has 98 valence electrons. The average Bonchev–Trinajstić information content (AvgIpc) is 2.83. The summed E-state index contributed by atoms with van der Waals surface area (Å²) >= 11 is 6.10. The monoisotopic (exact) mass is 269 g/mol. The zero-order valence-corrected chi connectivity index (χ0v) is 11.0. The van der Waals surface area contributed by atoms with Gasteiger partial charge in [-0.05, 0) is 18.9 Å². The number of hydrogen-bond donors (Lipinski definition) is 2. The molecular formula is C13H16ClNO3. The van der Waals surface area contributed by atoms with Crippen molar-refractivity contribution < 1.29 is 14.6 Å². The summed E-state index contributed by atoms with van der Waals surface area (Å²) in [6.45, 7) is 0. The lowest BCUT2D eigenvalue weighted by molar-refractivity contribution is 0.0693. The standard InChI is InChI=1S/C13H16ClNO3/c1-18-12-7-11(15-8-4-2-3-5-8)10(14)6-9(12)13(16)17/h6-8,15H,2-5H2,1H3,(H,16,17). The van der Waals surface area contributed by atoms with E-state index < -0.39 is 5.97 Å². The van der Waals surface area contributed by atoms with Crippen LogP contribution in [0.15, 0.2) is 12.1 Å². The van der Waals surface area contributed by atoms with Crippen LogP contribution < -0.4 is 10.1 Å². The molecule has 0 amide bonds. The highest BCUT2D eigenvalue weighted by Gasteiger charge is 2.19. The number of aromatic carboxylic acids is 1. The van der Waals surface area contributed by atoms with Crippen LogP contribution in [-0.2, 0) is 0 Å². The van der Waals surface area contributed by atoms with Crippen LogP contribution in [0.25, 0.3) is 0 Å². The summed E-state index contributed by atoms with van der Waals surface area (Å²) in [5, 5.41) is 12.8. The molecule has 1 aromatic rings. The lowest BCUT2D eigenvalue weighted by Gasteiger charge is -2.16. The Morgan fingerprint density at radius 1 is 1.44 bits per heavy atom. The van der Waals surface area contributed by atoms with Crippen molar-refractivity contribution in [2.75, 3.05) is 12.4 Å². The Labute approximate surface area is 111 Å². The molecule has 1 aromatic carbocycles. The van der Waals surface area contributed by atoms with Crippen molar-refractivity contribution in [3.63, 3.8) is 0 Å². The van der Waals surface area contributed by atoms with Gasteiger partial charge >= 0.3 is 5.97 Å². The second-order valence-electron chi connectivity index (χ2n) is 4.46. The molecule has 0 aliphatic heterocycles. The van der Waals surface area contributed by atoms with Gasteiger partial charge in [0, 0.05) is 12.1 Å². The molecule has 0 spiro atoms. The molecule has 0 bridgehead atoms. The van der Waals surface area contributed by atoms with Crippen LogP contribution in [0.2, 0.25) is 5.02 Å². The fourth-order valence-corrected chi connectivity index (χ4v) is 2.51. The Morgan fingerprint density at radius 3 is 2.67 bits per heavy atom. The fraction of sp³-hybridized carbons (Fsp3) is 0.462. The first-order valence-corrected chi connectivity index (χ1v) is 6.37. The van der Waals surface area contributed by atoms with Crippen LogP contribution in [-0.4, -0.2) is 24.2 Å². The Hall–Kier alpha value is -1.42. The molecule has 1 fully saturated rings. The van der Waals surface area contributed by atoms with E-state index >= 15 is 0 Å². The Bertz CT molecular complexity index is 456. The number of methoxy groups -OCH3 is 1. The van der Waals surface area contributed by atoms with E-state index in [-0.39, 0.29) is 5.56 Å². The van der Waals surface area contributed by atoms with Crippen molar-refractivity contribution in [2.24, 2.45) is 0 Å². The summed E-state index contributed by atoms with van der Waals surface area (Å²) < 4.78 is 5.09. The van der Waals surface area contributed by atoms with Gasteiger partial charge in [0.15, 0.2) is 0 Å². The normalized spacial score (nSPS) is 15.7. The van der Waals surface area contributed by atoms with E-state index in [1.807, 2.05) is 0 Å². The van der Waals surface area contributed by atoms with Gasteiger partial charge in [-0.2, -0.15) is 0 Å². The summed E-state index contributed by atoms with van der Waals surface area (Å²) in [6.07, 6.45) is 4.69. The second kappa shape index (κ2) is 5.48. The van der Waals surface area contributed by atoms with Crippen LogP contribution in [0.1, 0.15) is 36.0 Å². The lowest BCUT2D eigenvalue weighted by Crippen LogP contribution is -2.15. The Kier molecular flexibility index (Phi) is 3.97. The molecule has 0 unspecified atom stereocenters. The van der Waals surface area contributed by atoms with E-state index in [0.29, 0.717) is 16.8 Å². The maximum atomic E-state index is 11.0. The van der Waals surface area contributed by atoms with Gasteiger partial charge in [0.25, 0.3) is 0 Å². The SMILES string of the molecule is COc1cc(NC2CCCC2)c(Cl)cc1C(=O)O. The number of carboxylic acids is 1. The molecule has 0 atom stereocenters. The summed E-state index contributed by atoms with van der Waals surface area (Å²) in [6, 6.07) is 3.51. The highest BCUT2D eigenvalue weighted by atomic mass is 35.5. The molecule has 2 N–H and O–H groups in total. The molecule has 5 heteroatoms. The molecule has 4 nitrogen and oxygen atoms in total. The second-order valence-corrected chi connectivity index (χ2v) is 4.87. The number of carboxylic acid groups (broad SMARTS) is 1. The molecule has 1 aliphatic carbocycles. The van der Waals surface area contributed by atoms with Crippen molar-refractivity contribution in [1.82, 2.24) is 0 Å². The Morgan fingerprint density at radius 2 is 2.11 bits per heavy atom. The zero-order valence-electron chi connectivity index (χ0n) is 10.2. The van der Waals surface area contributed by atoms with Crippen LogP contribution in [0, 0.1) is 0 Å². The molecule has 1 saturated carbocycles. The van der Waals surface area contributed by atoms with E-state index in [1.54, 1.807) is 6.07 Å². The van der Waals surface area contributed by atoms with Crippen LogP contribution >= 0.6 is 11.6 Å². The number of ether oxygens (including phenoxy) is 1. The topological polar surface area (TPSA) is 58.6 Å². The molecule has 0 heterocycles. The third kappa shape index (κ3) is 2.70. The van der Waals surface area contributed by atoms with Crippen LogP contribution in [0.5, 0.6) is 5.75 Å². The van der Waals surface area contributed by atoms with Gasteiger partial charge in [0.05, 0.1) is 17.8 Å². The minimum absolute atomic E-state index is 0.0828. The summed E-state index contributed by atoms with van der Waals surface area (Å²) in [5.41, 5.74) is 0.824. The van der Waals surface area contributed by atoms with Crippen molar-refractivity contribution in [3.8, 4) is 5.75 Å². The quantitative estimate of drug-likeness (QED) is 0.879. The largest absolute Gasteiger partial charge is 0.496 e. The Balaban J connectivity index is 2.27. The smallest absolute Gasteiger partial charge is 0.339 e. The number of rotatable bonds is 4. The van der Waals surface area contributed by atoms with Crippen molar-refractivity contribution >= 4 is 23.3 Å². The van der Waals surface area contributed by atoms with Crippen molar-refractivity contribution in [3.05, 3.63) is 22.7 Å². The molecule has 1 aliphatic rings. The predicted molar refractivity (Wildman–Crippen MR) is 70.8 cm³/mol. The number of nitrogens with one attached hydrogen (secondary N) is 1. The van der Waals surface area contributed by atoms with Gasteiger partial charge in [0.1, 0.15) is 11.3 Å². The fourth-order valence-electron chi connectivity index (χ4n) is 2.29. The minimum atomic E-state index is -1.04. The van der Waals surface area contributed by atoms with Gasteiger partial charge in [-0.1, -0.05) is 24.4 Å². The minimum Gasteiger partial charge on any atom is -0.496 e. The van der Waals surface area contributed by atoms with E-state index in [4.69, 9.17) is 21.4 Å². The van der Waals surface area contributed by atoms with Gasteiger partial charge < -0.3 is 15.2 Å². The van der Waals surface area contributed by atoms with E-state index in [9.17, 15) is 4.79 Å². The number of benzene rings is 1. The maximum Gasteiger partial charge on any atom is 0.339 e. The number of carbonyl (C=O) groups is 1. The average molecular weight is 270 g/mol. The van der Waals surface area contributed by atoms with Crippen LogP contribution in [0.3, 0.4) is 0 Å². The van der Waals surface area contributed by atoms with Crippen LogP contribution in [0.4, 0.5) is 5.69 Å².